The van der Waals surface area contributed by atoms with Crippen LogP contribution in [-0.4, -0.2) is 22.2 Å². The molecule has 0 bridgehead atoms. The number of aromatic hydroxyl groups is 1. The fraction of sp³-hybridized carbons (Fsp3) is 0. The number of hydrazone groups is 1. The minimum atomic E-state index is -0.483. The maximum Gasteiger partial charge on any atom is 0.271 e. The van der Waals surface area contributed by atoms with E-state index in [-0.39, 0.29) is 17.0 Å². The molecule has 2 aromatic carbocycles. The summed E-state index contributed by atoms with van der Waals surface area (Å²) in [5, 5.41) is 24.4. The van der Waals surface area contributed by atoms with E-state index in [0.29, 0.717) is 26.0 Å². The van der Waals surface area contributed by atoms with Crippen molar-refractivity contribution >= 4 is 49.7 Å². The summed E-state index contributed by atoms with van der Waals surface area (Å²) in [6.07, 6.45) is 1.31. The van der Waals surface area contributed by atoms with E-state index >= 15 is 0 Å². The Kier molecular flexibility index (Phi) is 5.90. The molecule has 1 heterocycles. The molecule has 0 unspecified atom stereocenters. The minimum Gasteiger partial charge on any atom is -0.506 e. The average Bonchev–Trinajstić information content (AvgIpc) is 3.14. The molecule has 0 saturated carbocycles. The van der Waals surface area contributed by atoms with E-state index in [9.17, 15) is 20.0 Å². The van der Waals surface area contributed by atoms with Gasteiger partial charge in [-0.1, -0.05) is 12.1 Å². The summed E-state index contributed by atoms with van der Waals surface area (Å²) in [7, 11) is 0. The first kappa shape index (κ1) is 19.8. The second-order valence-corrected chi connectivity index (χ2v) is 7.21. The summed E-state index contributed by atoms with van der Waals surface area (Å²) >= 11 is 6.31. The van der Waals surface area contributed by atoms with Crippen LogP contribution >= 0.6 is 31.9 Å². The molecule has 0 saturated heterocycles. The Morgan fingerprint density at radius 2 is 1.89 bits per heavy atom. The number of nitrogens with zero attached hydrogens (tertiary/aromatic N) is 2. The van der Waals surface area contributed by atoms with E-state index in [1.54, 1.807) is 24.3 Å². The third-order valence-electron chi connectivity index (χ3n) is 3.61. The number of rotatable bonds is 5. The van der Waals surface area contributed by atoms with E-state index in [2.05, 4.69) is 42.4 Å². The second kappa shape index (κ2) is 8.36. The van der Waals surface area contributed by atoms with Gasteiger partial charge >= 0.3 is 0 Å². The first-order chi connectivity index (χ1) is 13.3. The molecule has 2 N–H and O–H groups in total. The number of nitrogens with one attached hydrogen (secondary N) is 1. The standard InChI is InChI=1S/C18H11Br2N3O5/c19-14-7-11(8-15(20)17(14)24)18(25)22-21-9-13-4-5-16(28-13)10-2-1-3-12(6-10)23(26)27/h1-9,24H,(H,22,25)/b21-9-. The molecule has 0 aliphatic heterocycles. The van der Waals surface area contributed by atoms with E-state index < -0.39 is 10.8 Å². The number of phenols is 1. The van der Waals surface area contributed by atoms with Gasteiger partial charge in [0.1, 0.15) is 17.3 Å². The Bertz CT molecular complexity index is 1070. The SMILES string of the molecule is O=C(N/N=C\c1ccc(-c2cccc([N+](=O)[O-])c2)o1)c1cc(Br)c(O)c(Br)c1. The van der Waals surface area contributed by atoms with Crippen LogP contribution in [0.2, 0.25) is 0 Å². The van der Waals surface area contributed by atoms with Gasteiger partial charge < -0.3 is 9.52 Å². The van der Waals surface area contributed by atoms with Crippen LogP contribution in [0.5, 0.6) is 5.75 Å². The first-order valence-corrected chi connectivity index (χ1v) is 9.30. The van der Waals surface area contributed by atoms with Crippen LogP contribution in [-0.2, 0) is 0 Å². The number of carbonyl (C=O) groups excluding carboxylic acids is 1. The van der Waals surface area contributed by atoms with Gasteiger partial charge in [-0.2, -0.15) is 5.10 Å². The predicted molar refractivity (Wildman–Crippen MR) is 109 cm³/mol. The summed E-state index contributed by atoms with van der Waals surface area (Å²) in [4.78, 5) is 22.5. The molecule has 1 aromatic heterocycles. The average molecular weight is 509 g/mol. The van der Waals surface area contributed by atoms with Gasteiger partial charge in [0, 0.05) is 23.3 Å². The zero-order valence-electron chi connectivity index (χ0n) is 13.9. The molecule has 0 spiro atoms. The number of phenolic OH excluding ortho intramolecular Hbond substituents is 1. The van der Waals surface area contributed by atoms with Crippen LogP contribution in [0.3, 0.4) is 0 Å². The highest BCUT2D eigenvalue weighted by molar-refractivity contribution is 9.11. The quantitative estimate of drug-likeness (QED) is 0.290. The summed E-state index contributed by atoms with van der Waals surface area (Å²) in [5.41, 5.74) is 3.15. The molecule has 0 aliphatic carbocycles. The van der Waals surface area contributed by atoms with Crippen LogP contribution in [0.4, 0.5) is 5.69 Å². The van der Waals surface area contributed by atoms with Gasteiger partial charge in [0.05, 0.1) is 20.1 Å². The molecule has 8 nitrogen and oxygen atoms in total. The number of halogens is 2. The number of carbonyl (C=O) groups is 1. The van der Waals surface area contributed by atoms with Crippen molar-refractivity contribution in [1.82, 2.24) is 5.43 Å². The van der Waals surface area contributed by atoms with E-state index in [1.165, 1.54) is 30.5 Å². The summed E-state index contributed by atoms with van der Waals surface area (Å²) < 4.78 is 6.30. The third kappa shape index (κ3) is 4.46. The number of hydrogen-bond donors (Lipinski definition) is 2. The molecule has 0 aliphatic rings. The summed E-state index contributed by atoms with van der Waals surface area (Å²) in [6.45, 7) is 0. The van der Waals surface area contributed by atoms with Gasteiger partial charge in [-0.25, -0.2) is 5.43 Å². The van der Waals surface area contributed by atoms with Crippen molar-refractivity contribution in [2.24, 2.45) is 5.10 Å². The highest BCUT2D eigenvalue weighted by atomic mass is 79.9. The van der Waals surface area contributed by atoms with Crippen LogP contribution < -0.4 is 5.43 Å². The fourth-order valence-electron chi connectivity index (χ4n) is 2.27. The van der Waals surface area contributed by atoms with Crippen molar-refractivity contribution in [3.63, 3.8) is 0 Å². The Balaban J connectivity index is 1.70. The van der Waals surface area contributed by atoms with E-state index in [0.717, 1.165) is 0 Å². The molecule has 0 radical (unpaired) electrons. The lowest BCUT2D eigenvalue weighted by molar-refractivity contribution is -0.384. The van der Waals surface area contributed by atoms with Crippen molar-refractivity contribution in [3.05, 3.63) is 78.9 Å². The van der Waals surface area contributed by atoms with E-state index in [4.69, 9.17) is 4.42 Å². The molecule has 0 atom stereocenters. The molecule has 10 heteroatoms. The van der Waals surface area contributed by atoms with Gasteiger partial charge in [-0.05, 0) is 56.1 Å². The number of hydrogen-bond acceptors (Lipinski definition) is 6. The van der Waals surface area contributed by atoms with Gasteiger partial charge in [-0.3, -0.25) is 14.9 Å². The number of benzene rings is 2. The number of nitro benzene ring substituents is 1. The molecular formula is C18H11Br2N3O5. The Morgan fingerprint density at radius 1 is 1.18 bits per heavy atom. The summed E-state index contributed by atoms with van der Waals surface area (Å²) in [6, 6.07) is 12.2. The van der Waals surface area contributed by atoms with Gasteiger partial charge in [0.2, 0.25) is 0 Å². The number of nitro groups is 1. The molecule has 1 amide bonds. The predicted octanol–water partition coefficient (Wildman–Crippen LogP) is 4.85. The molecule has 3 rings (SSSR count). The Hall–Kier alpha value is -2.98. The largest absolute Gasteiger partial charge is 0.506 e. The zero-order chi connectivity index (χ0) is 20.3. The van der Waals surface area contributed by atoms with Gasteiger partial charge in [-0.15, -0.1) is 0 Å². The molecular weight excluding hydrogens is 498 g/mol. The zero-order valence-corrected chi connectivity index (χ0v) is 17.1. The fourth-order valence-corrected chi connectivity index (χ4v) is 3.45. The van der Waals surface area contributed by atoms with Crippen molar-refractivity contribution in [1.29, 1.82) is 0 Å². The van der Waals surface area contributed by atoms with Crippen molar-refractivity contribution in [3.8, 4) is 17.1 Å². The smallest absolute Gasteiger partial charge is 0.271 e. The first-order valence-electron chi connectivity index (χ1n) is 7.71. The monoisotopic (exact) mass is 507 g/mol. The minimum absolute atomic E-state index is 0.00989. The maximum atomic E-state index is 12.1. The number of amides is 1. The number of non-ortho nitro benzene ring substituents is 1. The lowest BCUT2D eigenvalue weighted by atomic mass is 10.1. The van der Waals surface area contributed by atoms with Crippen LogP contribution in [0.25, 0.3) is 11.3 Å². The lowest BCUT2D eigenvalue weighted by Gasteiger charge is -2.04. The Morgan fingerprint density at radius 3 is 2.57 bits per heavy atom. The summed E-state index contributed by atoms with van der Waals surface area (Å²) in [5.74, 6) is 0.296. The third-order valence-corrected chi connectivity index (χ3v) is 4.81. The molecule has 142 valence electrons. The molecule has 28 heavy (non-hydrogen) atoms. The van der Waals surface area contributed by atoms with Crippen LogP contribution in [0.1, 0.15) is 16.1 Å². The highest BCUT2D eigenvalue weighted by Gasteiger charge is 2.12. The maximum absolute atomic E-state index is 12.1. The lowest BCUT2D eigenvalue weighted by Crippen LogP contribution is -2.17. The normalized spacial score (nSPS) is 10.9. The van der Waals surface area contributed by atoms with Crippen molar-refractivity contribution in [2.75, 3.05) is 0 Å². The van der Waals surface area contributed by atoms with Crippen molar-refractivity contribution in [2.45, 2.75) is 0 Å². The van der Waals surface area contributed by atoms with Gasteiger partial charge in [0.25, 0.3) is 11.6 Å². The van der Waals surface area contributed by atoms with Gasteiger partial charge in [0.15, 0.2) is 0 Å². The molecule has 3 aromatic rings. The highest BCUT2D eigenvalue weighted by Crippen LogP contribution is 2.33. The number of furan rings is 1. The van der Waals surface area contributed by atoms with Crippen LogP contribution in [0.15, 0.2) is 67.0 Å². The van der Waals surface area contributed by atoms with E-state index in [1.807, 2.05) is 0 Å². The van der Waals surface area contributed by atoms with Crippen molar-refractivity contribution < 1.29 is 19.2 Å². The van der Waals surface area contributed by atoms with Crippen LogP contribution in [0, 0.1) is 10.1 Å². The topological polar surface area (TPSA) is 118 Å². The Labute approximate surface area is 175 Å². The second-order valence-electron chi connectivity index (χ2n) is 5.50. The molecule has 0 fully saturated rings.